The topological polar surface area (TPSA) is 115 Å². The number of nitrogens with one attached hydrogen (secondary N) is 2. The van der Waals surface area contributed by atoms with Gasteiger partial charge in [-0.15, -0.1) is 0 Å². The Morgan fingerprint density at radius 3 is 2.54 bits per heavy atom. The molecule has 0 saturated heterocycles. The molecule has 1 aliphatic rings. The van der Waals surface area contributed by atoms with Gasteiger partial charge in [0.1, 0.15) is 24.7 Å². The van der Waals surface area contributed by atoms with Gasteiger partial charge in [-0.05, 0) is 67.4 Å². The maximum Gasteiger partial charge on any atom is 0.323 e. The lowest BCUT2D eigenvalue weighted by Gasteiger charge is -2.23. The molecule has 9 nitrogen and oxygen atoms in total. The summed E-state index contributed by atoms with van der Waals surface area (Å²) in [5.41, 5.74) is 2.73. The van der Waals surface area contributed by atoms with Gasteiger partial charge in [0.2, 0.25) is 5.75 Å². The summed E-state index contributed by atoms with van der Waals surface area (Å²) >= 11 is 6.05. The molecule has 10 heteroatoms. The van der Waals surface area contributed by atoms with Gasteiger partial charge in [0.25, 0.3) is 0 Å². The summed E-state index contributed by atoms with van der Waals surface area (Å²) in [6.07, 6.45) is 2.66. The molecular formula is C29H25ClN4O5. The molecule has 2 N–H and O–H groups in total. The fourth-order valence-electron chi connectivity index (χ4n) is 4.05. The Labute approximate surface area is 230 Å². The van der Waals surface area contributed by atoms with Gasteiger partial charge >= 0.3 is 6.03 Å². The number of pyridine rings is 1. The minimum absolute atomic E-state index is 0.375. The lowest BCUT2D eigenvalue weighted by molar-refractivity contribution is 0.164. The van der Waals surface area contributed by atoms with Crippen molar-refractivity contribution in [2.24, 2.45) is 0 Å². The fraction of sp³-hybridized carbons (Fsp3) is 0.207. The summed E-state index contributed by atoms with van der Waals surface area (Å²) in [6.45, 7) is 3.02. The number of aryl methyl sites for hydroxylation is 1. The zero-order valence-corrected chi connectivity index (χ0v) is 21.9. The Balaban J connectivity index is 1.32. The highest BCUT2D eigenvalue weighted by Gasteiger charge is 2.24. The third-order valence-corrected chi connectivity index (χ3v) is 6.31. The van der Waals surface area contributed by atoms with Crippen molar-refractivity contribution in [3.05, 3.63) is 71.4 Å². The Morgan fingerprint density at radius 2 is 1.77 bits per heavy atom. The number of carbonyl (C=O) groups is 1. The predicted octanol–water partition coefficient (Wildman–Crippen LogP) is 7.09. The van der Waals surface area contributed by atoms with Crippen molar-refractivity contribution in [3.8, 4) is 34.8 Å². The summed E-state index contributed by atoms with van der Waals surface area (Å²) < 4.78 is 23.9. The van der Waals surface area contributed by atoms with Crippen molar-refractivity contribution >= 4 is 39.9 Å². The number of nitrogens with zero attached hydrogens (tertiary/aromatic N) is 2. The van der Waals surface area contributed by atoms with E-state index in [0.29, 0.717) is 88.7 Å². The van der Waals surface area contributed by atoms with Crippen molar-refractivity contribution in [2.75, 3.05) is 30.5 Å². The highest BCUT2D eigenvalue weighted by molar-refractivity contribution is 6.31. The number of amides is 2. The van der Waals surface area contributed by atoms with E-state index in [9.17, 15) is 4.79 Å². The van der Waals surface area contributed by atoms with E-state index >= 15 is 0 Å². The van der Waals surface area contributed by atoms with Crippen LogP contribution in [0.3, 0.4) is 0 Å². The van der Waals surface area contributed by atoms with Crippen LogP contribution in [0.25, 0.3) is 10.9 Å². The van der Waals surface area contributed by atoms with Crippen LogP contribution < -0.4 is 29.6 Å². The zero-order valence-electron chi connectivity index (χ0n) is 21.1. The van der Waals surface area contributed by atoms with E-state index in [1.807, 2.05) is 6.92 Å². The van der Waals surface area contributed by atoms with E-state index in [4.69, 9.17) is 35.8 Å². The molecule has 5 rings (SSSR count). The minimum Gasteiger partial charge on any atom is -0.489 e. The molecule has 2 amide bonds. The van der Waals surface area contributed by atoms with Gasteiger partial charge in [-0.2, -0.15) is 5.26 Å². The quantitative estimate of drug-likeness (QED) is 0.228. The Morgan fingerprint density at radius 1 is 1.03 bits per heavy atom. The van der Waals surface area contributed by atoms with Crippen LogP contribution in [-0.2, 0) is 0 Å². The smallest absolute Gasteiger partial charge is 0.323 e. The number of hydrogen-bond donors (Lipinski definition) is 2. The van der Waals surface area contributed by atoms with Gasteiger partial charge in [0, 0.05) is 35.1 Å². The van der Waals surface area contributed by atoms with Crippen LogP contribution in [0.5, 0.6) is 28.7 Å². The maximum atomic E-state index is 12.4. The molecule has 2 heterocycles. The lowest BCUT2D eigenvalue weighted by atomic mass is 10.1. The number of nitriles is 1. The number of aromatic nitrogens is 1. The average Bonchev–Trinajstić information content (AvgIpc) is 2.94. The zero-order chi connectivity index (χ0) is 27.2. The van der Waals surface area contributed by atoms with E-state index < -0.39 is 0 Å². The third kappa shape index (κ3) is 6.08. The first-order valence-electron chi connectivity index (χ1n) is 12.3. The van der Waals surface area contributed by atoms with E-state index in [-0.39, 0.29) is 6.03 Å². The molecule has 0 unspecified atom stereocenters. The minimum atomic E-state index is -0.375. The van der Waals surface area contributed by atoms with E-state index in [1.54, 1.807) is 60.8 Å². The largest absolute Gasteiger partial charge is 0.489 e. The number of carbonyl (C=O) groups excluding carboxylic acids is 1. The molecule has 0 aliphatic carbocycles. The van der Waals surface area contributed by atoms with Gasteiger partial charge in [-0.3, -0.25) is 4.98 Å². The van der Waals surface area contributed by atoms with Gasteiger partial charge in [-0.25, -0.2) is 4.79 Å². The summed E-state index contributed by atoms with van der Waals surface area (Å²) in [5, 5.41) is 15.7. The van der Waals surface area contributed by atoms with Crippen LogP contribution in [0, 0.1) is 18.3 Å². The highest BCUT2D eigenvalue weighted by Crippen LogP contribution is 2.48. The molecule has 198 valence electrons. The molecule has 39 heavy (non-hydrogen) atoms. The van der Waals surface area contributed by atoms with Crippen molar-refractivity contribution in [1.82, 2.24) is 4.98 Å². The third-order valence-electron chi connectivity index (χ3n) is 5.89. The van der Waals surface area contributed by atoms with Crippen molar-refractivity contribution in [1.29, 1.82) is 5.26 Å². The molecule has 0 radical (unpaired) electrons. The Bertz CT molecular complexity index is 1550. The number of unbranched alkanes of at least 4 members (excludes halogenated alkanes) is 1. The first kappa shape index (κ1) is 25.9. The number of ether oxygens (including phenoxy) is 4. The molecule has 0 spiro atoms. The normalized spacial score (nSPS) is 11.9. The number of hydrogen-bond acceptors (Lipinski definition) is 7. The van der Waals surface area contributed by atoms with E-state index in [2.05, 4.69) is 21.7 Å². The maximum absolute atomic E-state index is 12.4. The van der Waals surface area contributed by atoms with E-state index in [1.165, 1.54) is 0 Å². The standard InChI is InChI=1S/C29H25ClN4O5/c1-18-16-20(6-9-22(18)30)34-29(35)33-19-4-7-21(8-5-19)39-24-10-12-32-23-17-25(36-13-3-2-11-31)27-28(26(23)24)38-15-14-37-27/h4-10,12,16-17H,2-3,13-15H2,1H3,(H2,33,34,35). The molecular weight excluding hydrogens is 520 g/mol. The van der Waals surface area contributed by atoms with Gasteiger partial charge in [-0.1, -0.05) is 11.6 Å². The number of fused-ring (bicyclic) bond motifs is 3. The molecule has 4 aromatic rings. The summed E-state index contributed by atoms with van der Waals surface area (Å²) in [4.78, 5) is 16.9. The monoisotopic (exact) mass is 544 g/mol. The molecule has 1 aromatic heterocycles. The molecule has 0 fully saturated rings. The number of rotatable bonds is 8. The van der Waals surface area contributed by atoms with Crippen LogP contribution in [0.4, 0.5) is 16.2 Å². The van der Waals surface area contributed by atoms with Gasteiger partial charge in [0.15, 0.2) is 11.5 Å². The number of anilines is 2. The molecule has 0 atom stereocenters. The van der Waals surface area contributed by atoms with Crippen LogP contribution in [0.1, 0.15) is 18.4 Å². The first-order valence-corrected chi connectivity index (χ1v) is 12.7. The Hall–Kier alpha value is -4.68. The van der Waals surface area contributed by atoms with Crippen molar-refractivity contribution < 1.29 is 23.7 Å². The molecule has 0 bridgehead atoms. The summed E-state index contributed by atoms with van der Waals surface area (Å²) in [6, 6.07) is 17.5. The highest BCUT2D eigenvalue weighted by atomic mass is 35.5. The predicted molar refractivity (Wildman–Crippen MR) is 148 cm³/mol. The van der Waals surface area contributed by atoms with Gasteiger partial charge < -0.3 is 29.6 Å². The second-order valence-electron chi connectivity index (χ2n) is 8.71. The summed E-state index contributed by atoms with van der Waals surface area (Å²) in [7, 11) is 0. The van der Waals surface area contributed by atoms with Gasteiger partial charge in [0.05, 0.1) is 23.6 Å². The number of benzene rings is 3. The van der Waals surface area contributed by atoms with E-state index in [0.717, 1.165) is 5.56 Å². The van der Waals surface area contributed by atoms with Crippen molar-refractivity contribution in [3.63, 3.8) is 0 Å². The van der Waals surface area contributed by atoms with Crippen LogP contribution in [0.15, 0.2) is 60.8 Å². The summed E-state index contributed by atoms with van der Waals surface area (Å²) in [5.74, 6) is 2.61. The Kier molecular flexibility index (Phi) is 7.85. The fourth-order valence-corrected chi connectivity index (χ4v) is 4.17. The van der Waals surface area contributed by atoms with Crippen molar-refractivity contribution in [2.45, 2.75) is 19.8 Å². The van der Waals surface area contributed by atoms with Crippen LogP contribution >= 0.6 is 11.6 Å². The number of urea groups is 1. The molecule has 1 aliphatic heterocycles. The SMILES string of the molecule is Cc1cc(NC(=O)Nc2ccc(Oc3ccnc4cc(OCCCC#N)c5c(c34)OCCO5)cc2)ccc1Cl. The second kappa shape index (κ2) is 11.8. The first-order chi connectivity index (χ1) is 19.0. The number of halogens is 1. The molecule has 3 aromatic carbocycles. The van der Waals surface area contributed by atoms with Crippen LogP contribution in [-0.4, -0.2) is 30.8 Å². The lowest BCUT2D eigenvalue weighted by Crippen LogP contribution is -2.19. The average molecular weight is 545 g/mol. The second-order valence-corrected chi connectivity index (χ2v) is 9.12. The molecule has 0 saturated carbocycles. The van der Waals surface area contributed by atoms with Crippen LogP contribution in [0.2, 0.25) is 5.02 Å².